The lowest BCUT2D eigenvalue weighted by molar-refractivity contribution is 0.0667. The molecule has 0 amide bonds. The molecule has 1 aliphatic rings. The molecule has 2 atom stereocenters. The zero-order valence-electron chi connectivity index (χ0n) is 10.8. The van der Waals surface area contributed by atoms with Crippen LogP contribution in [0.4, 0.5) is 0 Å². The molecule has 0 aromatic heterocycles. The highest BCUT2D eigenvalue weighted by atomic mass is 16.5. The van der Waals surface area contributed by atoms with Crippen LogP contribution in [-0.4, -0.2) is 26.9 Å². The number of ether oxygens (including phenoxy) is 2. The maximum Gasteiger partial charge on any atom is 0.127 e. The van der Waals surface area contributed by atoms with Crippen molar-refractivity contribution in [3.05, 3.63) is 29.3 Å². The summed E-state index contributed by atoms with van der Waals surface area (Å²) in [6.07, 6.45) is 2.17. The van der Waals surface area contributed by atoms with Gasteiger partial charge in [-0.3, -0.25) is 0 Å². The Labute approximate surface area is 103 Å². The third-order valence-corrected chi connectivity index (χ3v) is 3.47. The number of para-hydroxylation sites is 1. The molecule has 1 heterocycles. The van der Waals surface area contributed by atoms with Crippen molar-refractivity contribution in [1.82, 2.24) is 5.32 Å². The Kier molecular flexibility index (Phi) is 4.02. The second-order valence-corrected chi connectivity index (χ2v) is 4.38. The minimum atomic E-state index is 0.177. The lowest BCUT2D eigenvalue weighted by Gasteiger charge is -2.26. The van der Waals surface area contributed by atoms with E-state index in [1.54, 1.807) is 7.11 Å². The maximum absolute atomic E-state index is 5.76. The Morgan fingerprint density at radius 2 is 2.29 bits per heavy atom. The minimum Gasteiger partial charge on any atom is -0.493 e. The highest BCUT2D eigenvalue weighted by Crippen LogP contribution is 2.35. The van der Waals surface area contributed by atoms with Crippen molar-refractivity contribution in [2.75, 3.05) is 20.8 Å². The van der Waals surface area contributed by atoms with E-state index in [0.717, 1.165) is 25.2 Å². The molecular weight excluding hydrogens is 214 g/mol. The van der Waals surface area contributed by atoms with Crippen LogP contribution in [0, 0.1) is 0 Å². The molecule has 3 nitrogen and oxygen atoms in total. The van der Waals surface area contributed by atoms with Crippen molar-refractivity contribution >= 4 is 0 Å². The van der Waals surface area contributed by atoms with E-state index in [1.807, 2.05) is 7.05 Å². The summed E-state index contributed by atoms with van der Waals surface area (Å²) < 4.78 is 11.3. The minimum absolute atomic E-state index is 0.177. The number of hydrogen-bond donors (Lipinski definition) is 1. The molecule has 0 aliphatic carbocycles. The first kappa shape index (κ1) is 12.4. The van der Waals surface area contributed by atoms with Gasteiger partial charge in [0.2, 0.25) is 0 Å². The topological polar surface area (TPSA) is 30.5 Å². The number of benzene rings is 1. The van der Waals surface area contributed by atoms with Gasteiger partial charge in [-0.2, -0.15) is 0 Å². The van der Waals surface area contributed by atoms with Crippen molar-refractivity contribution in [2.24, 2.45) is 0 Å². The molecule has 2 unspecified atom stereocenters. The molecule has 0 bridgehead atoms. The molecule has 0 saturated carbocycles. The molecule has 1 aliphatic heterocycles. The molecule has 0 spiro atoms. The number of hydrogen-bond acceptors (Lipinski definition) is 3. The first-order chi connectivity index (χ1) is 8.31. The zero-order valence-corrected chi connectivity index (χ0v) is 10.8. The summed E-state index contributed by atoms with van der Waals surface area (Å²) in [6.45, 7) is 2.94. The van der Waals surface area contributed by atoms with Gasteiger partial charge in [-0.15, -0.1) is 0 Å². The maximum atomic E-state index is 5.76. The quantitative estimate of drug-likeness (QED) is 0.849. The van der Waals surface area contributed by atoms with Crippen LogP contribution in [0.5, 0.6) is 5.75 Å². The monoisotopic (exact) mass is 235 g/mol. The molecule has 94 valence electrons. The Hall–Kier alpha value is -1.06. The summed E-state index contributed by atoms with van der Waals surface area (Å²) >= 11 is 0. The second-order valence-electron chi connectivity index (χ2n) is 4.38. The van der Waals surface area contributed by atoms with E-state index in [2.05, 4.69) is 30.4 Å². The Morgan fingerprint density at radius 1 is 1.47 bits per heavy atom. The molecular formula is C14H21NO2. The Morgan fingerprint density at radius 3 is 2.94 bits per heavy atom. The van der Waals surface area contributed by atoms with E-state index in [9.17, 15) is 0 Å². The number of fused-ring (bicyclic) bond motifs is 1. The van der Waals surface area contributed by atoms with Gasteiger partial charge in [-0.05, 0) is 19.0 Å². The molecule has 17 heavy (non-hydrogen) atoms. The zero-order chi connectivity index (χ0) is 12.3. The fraction of sp³-hybridized carbons (Fsp3) is 0.571. The van der Waals surface area contributed by atoms with Gasteiger partial charge in [0, 0.05) is 19.1 Å². The number of methoxy groups -OCH3 is 1. The first-order valence-corrected chi connectivity index (χ1v) is 6.26. The predicted molar refractivity (Wildman–Crippen MR) is 68.5 cm³/mol. The number of nitrogens with one attached hydrogen (secondary N) is 1. The van der Waals surface area contributed by atoms with E-state index in [0.29, 0.717) is 0 Å². The van der Waals surface area contributed by atoms with Crippen molar-refractivity contribution in [1.29, 1.82) is 0 Å². The molecule has 2 rings (SSSR count). The van der Waals surface area contributed by atoms with E-state index in [-0.39, 0.29) is 12.1 Å². The predicted octanol–water partition coefficient (Wildman–Crippen LogP) is 2.31. The standard InChI is InChI=1S/C14H21NO2/c1-4-12(16-3)13(15-2)11-7-5-6-10-8-9-17-14(10)11/h5-7,12-13,15H,4,8-9H2,1-3H3. The summed E-state index contributed by atoms with van der Waals surface area (Å²) in [6, 6.07) is 6.58. The van der Waals surface area contributed by atoms with Crippen LogP contribution in [0.25, 0.3) is 0 Å². The van der Waals surface area contributed by atoms with Gasteiger partial charge >= 0.3 is 0 Å². The largest absolute Gasteiger partial charge is 0.493 e. The Bertz CT molecular complexity index is 374. The van der Waals surface area contributed by atoms with Crippen LogP contribution in [0.3, 0.4) is 0 Å². The molecule has 0 radical (unpaired) electrons. The van der Waals surface area contributed by atoms with Gasteiger partial charge < -0.3 is 14.8 Å². The first-order valence-electron chi connectivity index (χ1n) is 6.26. The highest BCUT2D eigenvalue weighted by Gasteiger charge is 2.26. The van der Waals surface area contributed by atoms with Crippen LogP contribution < -0.4 is 10.1 Å². The van der Waals surface area contributed by atoms with Gasteiger partial charge in [0.05, 0.1) is 18.8 Å². The molecule has 3 heteroatoms. The summed E-state index contributed by atoms with van der Waals surface area (Å²) in [5.41, 5.74) is 2.53. The van der Waals surface area contributed by atoms with Crippen molar-refractivity contribution in [3.63, 3.8) is 0 Å². The van der Waals surface area contributed by atoms with Crippen molar-refractivity contribution in [2.45, 2.75) is 31.9 Å². The Balaban J connectivity index is 2.34. The van der Waals surface area contributed by atoms with E-state index < -0.39 is 0 Å². The van der Waals surface area contributed by atoms with Crippen LogP contribution in [0.2, 0.25) is 0 Å². The average molecular weight is 235 g/mol. The van der Waals surface area contributed by atoms with Crippen LogP contribution in [0.1, 0.15) is 30.5 Å². The van der Waals surface area contributed by atoms with E-state index in [4.69, 9.17) is 9.47 Å². The van der Waals surface area contributed by atoms with Gasteiger partial charge in [-0.25, -0.2) is 0 Å². The van der Waals surface area contributed by atoms with Gasteiger partial charge in [0.15, 0.2) is 0 Å². The fourth-order valence-electron chi connectivity index (χ4n) is 2.57. The van der Waals surface area contributed by atoms with Crippen molar-refractivity contribution in [3.8, 4) is 5.75 Å². The lowest BCUT2D eigenvalue weighted by Crippen LogP contribution is -2.30. The van der Waals surface area contributed by atoms with Crippen LogP contribution in [0.15, 0.2) is 18.2 Å². The van der Waals surface area contributed by atoms with Gasteiger partial charge in [0.25, 0.3) is 0 Å². The smallest absolute Gasteiger partial charge is 0.127 e. The normalized spacial score (nSPS) is 17.4. The third-order valence-electron chi connectivity index (χ3n) is 3.47. The highest BCUT2D eigenvalue weighted by molar-refractivity contribution is 5.46. The molecule has 0 saturated heterocycles. The average Bonchev–Trinajstić information content (AvgIpc) is 2.84. The second kappa shape index (κ2) is 5.52. The fourth-order valence-corrected chi connectivity index (χ4v) is 2.57. The molecule has 1 N–H and O–H groups in total. The van der Waals surface area contributed by atoms with Crippen LogP contribution >= 0.6 is 0 Å². The van der Waals surface area contributed by atoms with Gasteiger partial charge in [-0.1, -0.05) is 25.1 Å². The van der Waals surface area contributed by atoms with E-state index in [1.165, 1.54) is 11.1 Å². The van der Waals surface area contributed by atoms with Crippen molar-refractivity contribution < 1.29 is 9.47 Å². The summed E-state index contributed by atoms with van der Waals surface area (Å²) in [7, 11) is 3.74. The molecule has 1 aromatic carbocycles. The molecule has 1 aromatic rings. The number of likely N-dealkylation sites (N-methyl/N-ethyl adjacent to an activating group) is 1. The SMILES string of the molecule is CCC(OC)C(NC)c1cccc2c1OCC2. The number of rotatable bonds is 5. The molecule has 0 fully saturated rings. The van der Waals surface area contributed by atoms with Gasteiger partial charge in [0.1, 0.15) is 5.75 Å². The third kappa shape index (κ3) is 2.31. The summed E-state index contributed by atoms with van der Waals surface area (Å²) in [5.74, 6) is 1.06. The lowest BCUT2D eigenvalue weighted by atomic mass is 9.96. The van der Waals surface area contributed by atoms with Crippen LogP contribution in [-0.2, 0) is 11.2 Å². The summed E-state index contributed by atoms with van der Waals surface area (Å²) in [4.78, 5) is 0. The summed E-state index contributed by atoms with van der Waals surface area (Å²) in [5, 5.41) is 3.34. The van der Waals surface area contributed by atoms with E-state index >= 15 is 0 Å².